The molecular formula is C10H10N4. The van der Waals surface area contributed by atoms with E-state index in [0.717, 1.165) is 5.65 Å². The third-order valence-corrected chi connectivity index (χ3v) is 1.84. The minimum absolute atomic E-state index is 0.0626. The molecule has 0 aromatic carbocycles. The maximum atomic E-state index is 5.24. The van der Waals surface area contributed by atoms with Crippen LogP contribution in [0.5, 0.6) is 0 Å². The quantitative estimate of drug-likeness (QED) is 0.716. The Morgan fingerprint density at radius 2 is 2.43 bits per heavy atom. The molecule has 0 radical (unpaired) electrons. The summed E-state index contributed by atoms with van der Waals surface area (Å²) in [7, 11) is 0. The Hall–Kier alpha value is -2.02. The number of anilines is 1. The summed E-state index contributed by atoms with van der Waals surface area (Å²) in [6.07, 6.45) is 7.08. The van der Waals surface area contributed by atoms with Crippen molar-refractivity contribution in [2.45, 2.75) is 13.0 Å². The second kappa shape index (κ2) is 3.38. The summed E-state index contributed by atoms with van der Waals surface area (Å²) in [6, 6.07) is 5.64. The topological polar surface area (TPSA) is 42.2 Å². The van der Waals surface area contributed by atoms with Crippen molar-refractivity contribution in [2.75, 3.05) is 5.32 Å². The second-order valence-corrected chi connectivity index (χ2v) is 2.97. The number of nitrogens with zero attached hydrogens (tertiary/aromatic N) is 3. The predicted octanol–water partition coefficient (Wildman–Crippen LogP) is 1.16. The fourth-order valence-corrected chi connectivity index (χ4v) is 1.13. The van der Waals surface area contributed by atoms with Gasteiger partial charge >= 0.3 is 0 Å². The standard InChI is InChI=1S/C10H10N4/c1-3-8(2)11-10-12-9-6-4-5-7-14(9)13-10/h1,4-8H,2H3,(H,11,13). The molecule has 2 aromatic heterocycles. The Bertz CT molecular complexity index is 447. The summed E-state index contributed by atoms with van der Waals surface area (Å²) in [4.78, 5) is 4.25. The van der Waals surface area contributed by atoms with E-state index in [4.69, 9.17) is 6.42 Å². The molecule has 1 N–H and O–H groups in total. The first-order chi connectivity index (χ1) is 6.79. The van der Waals surface area contributed by atoms with Crippen LogP contribution in [-0.2, 0) is 0 Å². The van der Waals surface area contributed by atoms with E-state index in [0.29, 0.717) is 5.95 Å². The smallest absolute Gasteiger partial charge is 0.244 e. The minimum Gasteiger partial charge on any atom is -0.340 e. The molecule has 14 heavy (non-hydrogen) atoms. The van der Waals surface area contributed by atoms with Crippen LogP contribution in [0.25, 0.3) is 5.65 Å². The predicted molar refractivity (Wildman–Crippen MR) is 54.9 cm³/mol. The fourth-order valence-electron chi connectivity index (χ4n) is 1.13. The monoisotopic (exact) mass is 186 g/mol. The highest BCUT2D eigenvalue weighted by Gasteiger charge is 2.03. The SMILES string of the molecule is C#CC(C)Nc1nc2ccccn2n1. The lowest BCUT2D eigenvalue weighted by Gasteiger charge is -2.02. The Balaban J connectivity index is 2.32. The molecule has 1 unspecified atom stereocenters. The molecule has 4 nitrogen and oxygen atoms in total. The average Bonchev–Trinajstić information content (AvgIpc) is 2.59. The number of pyridine rings is 1. The normalized spacial score (nSPS) is 12.3. The van der Waals surface area contributed by atoms with Gasteiger partial charge in [0.1, 0.15) is 0 Å². The van der Waals surface area contributed by atoms with E-state index in [-0.39, 0.29) is 6.04 Å². The van der Waals surface area contributed by atoms with Crippen LogP contribution >= 0.6 is 0 Å². The average molecular weight is 186 g/mol. The van der Waals surface area contributed by atoms with Crippen LogP contribution in [0.15, 0.2) is 24.4 Å². The lowest BCUT2D eigenvalue weighted by Crippen LogP contribution is -2.13. The maximum absolute atomic E-state index is 5.24. The third kappa shape index (κ3) is 1.52. The van der Waals surface area contributed by atoms with E-state index >= 15 is 0 Å². The number of aromatic nitrogens is 3. The van der Waals surface area contributed by atoms with Crippen molar-refractivity contribution in [2.24, 2.45) is 0 Å². The summed E-state index contributed by atoms with van der Waals surface area (Å²) in [5.41, 5.74) is 0.805. The summed E-state index contributed by atoms with van der Waals surface area (Å²) in [5, 5.41) is 7.20. The molecule has 2 heterocycles. The first kappa shape index (κ1) is 8.57. The Labute approximate surface area is 82.0 Å². The van der Waals surface area contributed by atoms with E-state index in [1.165, 1.54) is 0 Å². The number of nitrogens with one attached hydrogen (secondary N) is 1. The molecule has 0 amide bonds. The zero-order valence-corrected chi connectivity index (χ0v) is 7.81. The van der Waals surface area contributed by atoms with Crippen LogP contribution in [0.3, 0.4) is 0 Å². The van der Waals surface area contributed by atoms with Crippen LogP contribution in [0.4, 0.5) is 5.95 Å². The van der Waals surface area contributed by atoms with Gasteiger partial charge in [-0.05, 0) is 19.1 Å². The number of fused-ring (bicyclic) bond motifs is 1. The maximum Gasteiger partial charge on any atom is 0.244 e. The molecule has 2 rings (SSSR count). The summed E-state index contributed by atoms with van der Waals surface area (Å²) in [5.74, 6) is 3.11. The Kier molecular flexibility index (Phi) is 2.07. The van der Waals surface area contributed by atoms with Crippen LogP contribution in [0.2, 0.25) is 0 Å². The molecule has 0 aliphatic carbocycles. The van der Waals surface area contributed by atoms with Gasteiger partial charge in [0.25, 0.3) is 0 Å². The molecule has 0 saturated carbocycles. The number of terminal acetylenes is 1. The lowest BCUT2D eigenvalue weighted by atomic mass is 10.4. The van der Waals surface area contributed by atoms with Crippen molar-refractivity contribution in [3.63, 3.8) is 0 Å². The number of rotatable bonds is 2. The molecule has 0 fully saturated rings. The summed E-state index contributed by atoms with van der Waals surface area (Å²) in [6.45, 7) is 1.88. The van der Waals surface area contributed by atoms with Crippen LogP contribution in [0.1, 0.15) is 6.92 Å². The van der Waals surface area contributed by atoms with Gasteiger partial charge in [-0.2, -0.15) is 4.98 Å². The van der Waals surface area contributed by atoms with Crippen molar-refractivity contribution in [3.8, 4) is 12.3 Å². The molecule has 0 bridgehead atoms. The van der Waals surface area contributed by atoms with Gasteiger partial charge in [0.15, 0.2) is 5.65 Å². The molecule has 4 heteroatoms. The van der Waals surface area contributed by atoms with Crippen molar-refractivity contribution in [1.82, 2.24) is 14.6 Å². The van der Waals surface area contributed by atoms with Gasteiger partial charge < -0.3 is 5.32 Å². The lowest BCUT2D eigenvalue weighted by molar-refractivity contribution is 0.932. The van der Waals surface area contributed by atoms with Gasteiger partial charge in [-0.1, -0.05) is 12.0 Å². The number of hydrogen-bond acceptors (Lipinski definition) is 3. The van der Waals surface area contributed by atoms with E-state index in [1.54, 1.807) is 4.52 Å². The van der Waals surface area contributed by atoms with E-state index < -0.39 is 0 Å². The van der Waals surface area contributed by atoms with Gasteiger partial charge in [-0.3, -0.25) is 0 Å². The minimum atomic E-state index is -0.0626. The summed E-state index contributed by atoms with van der Waals surface area (Å²) >= 11 is 0. The highest BCUT2D eigenvalue weighted by molar-refractivity contribution is 5.43. The molecule has 0 spiro atoms. The molecule has 1 atom stereocenters. The zero-order chi connectivity index (χ0) is 9.97. The molecule has 2 aromatic rings. The number of hydrogen-bond donors (Lipinski definition) is 1. The van der Waals surface area contributed by atoms with E-state index in [1.807, 2.05) is 31.3 Å². The second-order valence-electron chi connectivity index (χ2n) is 2.97. The van der Waals surface area contributed by atoms with Gasteiger partial charge in [0.05, 0.1) is 6.04 Å². The van der Waals surface area contributed by atoms with E-state index in [9.17, 15) is 0 Å². The third-order valence-electron chi connectivity index (χ3n) is 1.84. The first-order valence-electron chi connectivity index (χ1n) is 4.33. The Morgan fingerprint density at radius 3 is 3.14 bits per heavy atom. The van der Waals surface area contributed by atoms with Crippen molar-refractivity contribution in [3.05, 3.63) is 24.4 Å². The molecule has 70 valence electrons. The van der Waals surface area contributed by atoms with Crippen molar-refractivity contribution >= 4 is 11.6 Å². The van der Waals surface area contributed by atoms with Crippen LogP contribution < -0.4 is 5.32 Å². The van der Waals surface area contributed by atoms with Gasteiger partial charge in [0, 0.05) is 6.20 Å². The first-order valence-corrected chi connectivity index (χ1v) is 4.33. The van der Waals surface area contributed by atoms with Crippen LogP contribution in [-0.4, -0.2) is 20.6 Å². The highest BCUT2D eigenvalue weighted by atomic mass is 15.3. The van der Waals surface area contributed by atoms with E-state index in [2.05, 4.69) is 21.3 Å². The largest absolute Gasteiger partial charge is 0.340 e. The van der Waals surface area contributed by atoms with Crippen LogP contribution in [0, 0.1) is 12.3 Å². The molecule has 0 saturated heterocycles. The van der Waals surface area contributed by atoms with Gasteiger partial charge in [-0.25, -0.2) is 4.52 Å². The van der Waals surface area contributed by atoms with Crippen molar-refractivity contribution < 1.29 is 0 Å². The molecule has 0 aliphatic rings. The highest BCUT2D eigenvalue weighted by Crippen LogP contribution is 2.05. The molecule has 0 aliphatic heterocycles. The Morgan fingerprint density at radius 1 is 1.57 bits per heavy atom. The van der Waals surface area contributed by atoms with Gasteiger partial charge in [-0.15, -0.1) is 11.5 Å². The molecular weight excluding hydrogens is 176 g/mol. The van der Waals surface area contributed by atoms with Crippen molar-refractivity contribution in [1.29, 1.82) is 0 Å². The zero-order valence-electron chi connectivity index (χ0n) is 7.81. The fraction of sp³-hybridized carbons (Fsp3) is 0.200. The summed E-state index contributed by atoms with van der Waals surface area (Å²) < 4.78 is 1.70. The van der Waals surface area contributed by atoms with Gasteiger partial charge in [0.2, 0.25) is 5.95 Å².